The lowest BCUT2D eigenvalue weighted by molar-refractivity contribution is -0.140. The van der Waals surface area contributed by atoms with Gasteiger partial charge >= 0.3 is 0 Å². The number of sulfonamides is 1. The van der Waals surface area contributed by atoms with Crippen molar-refractivity contribution in [2.75, 3.05) is 17.4 Å². The first-order valence-electron chi connectivity index (χ1n) is 12.7. The highest BCUT2D eigenvalue weighted by Crippen LogP contribution is 2.26. The minimum absolute atomic E-state index is 0.00623. The van der Waals surface area contributed by atoms with E-state index in [1.54, 1.807) is 61.5 Å². The van der Waals surface area contributed by atoms with Crippen LogP contribution in [0.2, 0.25) is 0 Å². The summed E-state index contributed by atoms with van der Waals surface area (Å²) in [5.41, 5.74) is 0.912. The molecule has 1 N–H and O–H groups in total. The van der Waals surface area contributed by atoms with Gasteiger partial charge in [0.2, 0.25) is 11.8 Å². The highest BCUT2D eigenvalue weighted by Gasteiger charge is 2.33. The van der Waals surface area contributed by atoms with Gasteiger partial charge in [-0.2, -0.15) is 0 Å². The van der Waals surface area contributed by atoms with Crippen molar-refractivity contribution in [1.82, 2.24) is 10.2 Å². The number of rotatable bonds is 12. The van der Waals surface area contributed by atoms with Gasteiger partial charge in [-0.3, -0.25) is 13.9 Å². The molecule has 10 heteroatoms. The van der Waals surface area contributed by atoms with Gasteiger partial charge in [-0.15, -0.1) is 0 Å². The number of carbonyl (C=O) groups excluding carboxylic acids is 2. The average molecular weight is 619 g/mol. The van der Waals surface area contributed by atoms with Crippen molar-refractivity contribution in [3.05, 3.63) is 94.7 Å². The Morgan fingerprint density at radius 2 is 1.56 bits per heavy atom. The van der Waals surface area contributed by atoms with E-state index in [9.17, 15) is 22.4 Å². The lowest BCUT2D eigenvalue weighted by atomic mass is 10.1. The van der Waals surface area contributed by atoms with E-state index in [2.05, 4.69) is 21.2 Å². The summed E-state index contributed by atoms with van der Waals surface area (Å²) in [4.78, 5) is 28.5. The first-order valence-corrected chi connectivity index (χ1v) is 14.9. The van der Waals surface area contributed by atoms with Crippen molar-refractivity contribution in [1.29, 1.82) is 0 Å². The highest BCUT2D eigenvalue weighted by molar-refractivity contribution is 9.10. The third-order valence-corrected chi connectivity index (χ3v) is 8.38. The Morgan fingerprint density at radius 3 is 2.13 bits per heavy atom. The average Bonchev–Trinajstić information content (AvgIpc) is 2.92. The topological polar surface area (TPSA) is 86.8 Å². The Balaban J connectivity index is 2.02. The normalized spacial score (nSPS) is 12.2. The van der Waals surface area contributed by atoms with E-state index in [1.165, 1.54) is 29.2 Å². The van der Waals surface area contributed by atoms with Crippen LogP contribution in [0.25, 0.3) is 0 Å². The predicted octanol–water partition coefficient (Wildman–Crippen LogP) is 5.36. The molecule has 0 aliphatic rings. The van der Waals surface area contributed by atoms with E-state index in [-0.39, 0.29) is 23.3 Å². The summed E-state index contributed by atoms with van der Waals surface area (Å²) in [5, 5.41) is 2.88. The fourth-order valence-corrected chi connectivity index (χ4v) is 5.68. The molecule has 0 aromatic heterocycles. The van der Waals surface area contributed by atoms with Gasteiger partial charge in [-0.25, -0.2) is 12.8 Å². The molecule has 1 unspecified atom stereocenters. The molecule has 0 bridgehead atoms. The standard InChI is InChI=1S/C29H33BrFN3O4S/c1-4-27(29(36)32-18-21(2)3)33(19-22-10-14-24(31)15-11-22)28(35)20-34(25-16-12-23(30)13-17-25)39(37,38)26-8-6-5-7-9-26/h5-17,21,27H,4,18-20H2,1-3H3,(H,32,36). The molecule has 0 spiro atoms. The van der Waals surface area contributed by atoms with Gasteiger partial charge in [-0.05, 0) is 66.4 Å². The van der Waals surface area contributed by atoms with E-state index >= 15 is 0 Å². The summed E-state index contributed by atoms with van der Waals surface area (Å²) >= 11 is 3.36. The number of amides is 2. The minimum atomic E-state index is -4.13. The molecule has 39 heavy (non-hydrogen) atoms. The third kappa shape index (κ3) is 8.12. The number of carbonyl (C=O) groups is 2. The van der Waals surface area contributed by atoms with E-state index in [0.717, 1.165) is 8.78 Å². The molecule has 3 aromatic rings. The quantitative estimate of drug-likeness (QED) is 0.296. The molecule has 0 aliphatic heterocycles. The second-order valence-electron chi connectivity index (χ2n) is 9.51. The maximum atomic E-state index is 13.9. The van der Waals surface area contributed by atoms with Crippen molar-refractivity contribution in [2.24, 2.45) is 5.92 Å². The number of nitrogens with one attached hydrogen (secondary N) is 1. The number of halogens is 2. The van der Waals surface area contributed by atoms with Crippen molar-refractivity contribution in [3.8, 4) is 0 Å². The summed E-state index contributed by atoms with van der Waals surface area (Å²) in [6.45, 7) is 5.62. The zero-order valence-corrected chi connectivity index (χ0v) is 24.6. The molecule has 0 radical (unpaired) electrons. The van der Waals surface area contributed by atoms with Crippen LogP contribution in [-0.4, -0.2) is 44.3 Å². The molecular formula is C29H33BrFN3O4S. The van der Waals surface area contributed by atoms with Crippen LogP contribution in [0.15, 0.2) is 88.2 Å². The molecule has 0 aliphatic carbocycles. The Bertz CT molecular complexity index is 1350. The van der Waals surface area contributed by atoms with Crippen molar-refractivity contribution >= 4 is 43.5 Å². The van der Waals surface area contributed by atoms with Crippen molar-refractivity contribution < 1.29 is 22.4 Å². The van der Waals surface area contributed by atoms with Gasteiger partial charge in [0, 0.05) is 17.6 Å². The van der Waals surface area contributed by atoms with Crippen LogP contribution < -0.4 is 9.62 Å². The number of benzene rings is 3. The first kappa shape index (κ1) is 30.3. The van der Waals surface area contributed by atoms with Crippen molar-refractivity contribution in [2.45, 2.75) is 44.7 Å². The Hall–Kier alpha value is -3.24. The van der Waals surface area contributed by atoms with Gasteiger partial charge in [0.25, 0.3) is 10.0 Å². The van der Waals surface area contributed by atoms with Gasteiger partial charge in [0.15, 0.2) is 0 Å². The molecule has 0 saturated carbocycles. The van der Waals surface area contributed by atoms with Crippen LogP contribution in [0.3, 0.4) is 0 Å². The van der Waals surface area contributed by atoms with Crippen LogP contribution >= 0.6 is 15.9 Å². The lowest BCUT2D eigenvalue weighted by Crippen LogP contribution is -2.52. The smallest absolute Gasteiger partial charge is 0.264 e. The largest absolute Gasteiger partial charge is 0.354 e. The molecule has 0 heterocycles. The number of hydrogen-bond acceptors (Lipinski definition) is 4. The second kappa shape index (κ2) is 13.7. The Morgan fingerprint density at radius 1 is 0.949 bits per heavy atom. The molecule has 3 aromatic carbocycles. The maximum absolute atomic E-state index is 13.9. The Labute approximate surface area is 238 Å². The summed E-state index contributed by atoms with van der Waals surface area (Å²) < 4.78 is 42.9. The zero-order valence-electron chi connectivity index (χ0n) is 22.2. The van der Waals surface area contributed by atoms with Gasteiger partial charge < -0.3 is 10.2 Å². The number of nitrogens with zero attached hydrogens (tertiary/aromatic N) is 2. The van der Waals surface area contributed by atoms with Crippen LogP contribution in [-0.2, 0) is 26.2 Å². The van der Waals surface area contributed by atoms with Crippen LogP contribution in [0.5, 0.6) is 0 Å². The molecule has 2 amide bonds. The van der Waals surface area contributed by atoms with Crippen molar-refractivity contribution in [3.63, 3.8) is 0 Å². The third-order valence-electron chi connectivity index (χ3n) is 6.06. The summed E-state index contributed by atoms with van der Waals surface area (Å²) in [6, 6.07) is 19.3. The molecule has 0 saturated heterocycles. The summed E-state index contributed by atoms with van der Waals surface area (Å²) in [7, 11) is -4.13. The minimum Gasteiger partial charge on any atom is -0.354 e. The fourth-order valence-electron chi connectivity index (χ4n) is 3.98. The highest BCUT2D eigenvalue weighted by atomic mass is 79.9. The van der Waals surface area contributed by atoms with Gasteiger partial charge in [0.1, 0.15) is 18.4 Å². The summed E-state index contributed by atoms with van der Waals surface area (Å²) in [5.74, 6) is -1.11. The molecule has 208 valence electrons. The number of hydrogen-bond donors (Lipinski definition) is 1. The van der Waals surface area contributed by atoms with Crippen LogP contribution in [0.4, 0.5) is 10.1 Å². The monoisotopic (exact) mass is 617 g/mol. The predicted molar refractivity (Wildman–Crippen MR) is 154 cm³/mol. The zero-order chi connectivity index (χ0) is 28.6. The molecule has 7 nitrogen and oxygen atoms in total. The van der Waals surface area contributed by atoms with Crippen LogP contribution in [0.1, 0.15) is 32.8 Å². The molecule has 0 fully saturated rings. The van der Waals surface area contributed by atoms with E-state index < -0.39 is 34.3 Å². The van der Waals surface area contributed by atoms with Crippen LogP contribution in [0, 0.1) is 11.7 Å². The van der Waals surface area contributed by atoms with Gasteiger partial charge in [-0.1, -0.05) is 67.0 Å². The molecule has 1 atom stereocenters. The van der Waals surface area contributed by atoms with Gasteiger partial charge in [0.05, 0.1) is 10.6 Å². The first-order chi connectivity index (χ1) is 18.5. The van der Waals surface area contributed by atoms with E-state index in [4.69, 9.17) is 0 Å². The maximum Gasteiger partial charge on any atom is 0.264 e. The fraction of sp³-hybridized carbons (Fsp3) is 0.310. The Kier molecular flexibility index (Phi) is 10.7. The van der Waals surface area contributed by atoms with E-state index in [1.807, 2.05) is 13.8 Å². The van der Waals surface area contributed by atoms with E-state index in [0.29, 0.717) is 24.2 Å². The molecular weight excluding hydrogens is 585 g/mol. The summed E-state index contributed by atoms with van der Waals surface area (Å²) in [6.07, 6.45) is 0.306. The lowest BCUT2D eigenvalue weighted by Gasteiger charge is -2.33. The molecule has 3 rings (SSSR count). The SMILES string of the molecule is CCC(C(=O)NCC(C)C)N(Cc1ccc(F)cc1)C(=O)CN(c1ccc(Br)cc1)S(=O)(=O)c1ccccc1. The number of anilines is 1. The second-order valence-corrected chi connectivity index (χ2v) is 12.3.